The van der Waals surface area contributed by atoms with Crippen LogP contribution in [0.2, 0.25) is 0 Å². The molecule has 2 aromatic carbocycles. The van der Waals surface area contributed by atoms with E-state index in [4.69, 9.17) is 9.47 Å². The number of benzene rings is 2. The third-order valence-corrected chi connectivity index (χ3v) is 4.23. The zero-order chi connectivity index (χ0) is 16.4. The van der Waals surface area contributed by atoms with Crippen LogP contribution in [-0.2, 0) is 12.8 Å². The standard InChI is InChI=1S/C18H19F2NO2/c1-22-17-4-3-11(8-18(17)23-2)7-16-13-10-15(20)14(19)9-12(13)5-6-21-16/h3-4,8-10,16,21H,5-7H2,1-2H3/t16-/m1/s1. The minimum absolute atomic E-state index is 0.0491. The van der Waals surface area contributed by atoms with Crippen LogP contribution < -0.4 is 14.8 Å². The Morgan fingerprint density at radius 1 is 1.04 bits per heavy atom. The molecule has 0 amide bonds. The summed E-state index contributed by atoms with van der Waals surface area (Å²) in [5, 5.41) is 3.38. The molecule has 0 unspecified atom stereocenters. The topological polar surface area (TPSA) is 30.5 Å². The molecule has 5 heteroatoms. The molecule has 0 saturated carbocycles. The molecule has 0 aromatic heterocycles. The van der Waals surface area contributed by atoms with Gasteiger partial charge in [-0.3, -0.25) is 0 Å². The Morgan fingerprint density at radius 3 is 2.52 bits per heavy atom. The second-order valence-corrected chi connectivity index (χ2v) is 5.62. The predicted octanol–water partition coefficient (Wildman–Crippen LogP) is 3.41. The number of halogens is 2. The van der Waals surface area contributed by atoms with Crippen molar-refractivity contribution in [3.05, 3.63) is 58.7 Å². The summed E-state index contributed by atoms with van der Waals surface area (Å²) in [6, 6.07) is 8.29. The number of hydrogen-bond donors (Lipinski definition) is 1. The fraction of sp³-hybridized carbons (Fsp3) is 0.333. The van der Waals surface area contributed by atoms with Crippen molar-refractivity contribution in [3.8, 4) is 11.5 Å². The number of rotatable bonds is 4. The molecule has 0 radical (unpaired) electrons. The van der Waals surface area contributed by atoms with Crippen molar-refractivity contribution in [1.82, 2.24) is 5.32 Å². The van der Waals surface area contributed by atoms with E-state index in [9.17, 15) is 8.78 Å². The van der Waals surface area contributed by atoms with Crippen LogP contribution in [0.1, 0.15) is 22.7 Å². The average Bonchev–Trinajstić information content (AvgIpc) is 2.56. The van der Waals surface area contributed by atoms with Gasteiger partial charge < -0.3 is 14.8 Å². The Balaban J connectivity index is 1.89. The van der Waals surface area contributed by atoms with Crippen LogP contribution in [0.25, 0.3) is 0 Å². The molecule has 0 spiro atoms. The largest absolute Gasteiger partial charge is 0.493 e. The van der Waals surface area contributed by atoms with Crippen molar-refractivity contribution in [1.29, 1.82) is 0 Å². The van der Waals surface area contributed by atoms with Crippen LogP contribution in [0.5, 0.6) is 11.5 Å². The van der Waals surface area contributed by atoms with Gasteiger partial charge in [0.15, 0.2) is 23.1 Å². The Kier molecular flexibility index (Phi) is 4.48. The normalized spacial score (nSPS) is 16.8. The van der Waals surface area contributed by atoms with Crippen molar-refractivity contribution in [2.75, 3.05) is 20.8 Å². The van der Waals surface area contributed by atoms with Crippen LogP contribution in [0.15, 0.2) is 30.3 Å². The highest BCUT2D eigenvalue weighted by Gasteiger charge is 2.22. The van der Waals surface area contributed by atoms with Gasteiger partial charge in [-0.1, -0.05) is 6.07 Å². The Hall–Kier alpha value is -2.14. The minimum atomic E-state index is -0.801. The van der Waals surface area contributed by atoms with E-state index >= 15 is 0 Å². The molecule has 0 aliphatic carbocycles. The third kappa shape index (κ3) is 3.15. The molecule has 23 heavy (non-hydrogen) atoms. The smallest absolute Gasteiger partial charge is 0.160 e. The van der Waals surface area contributed by atoms with E-state index in [1.165, 1.54) is 12.1 Å². The van der Waals surface area contributed by atoms with E-state index in [-0.39, 0.29) is 6.04 Å². The number of nitrogens with one attached hydrogen (secondary N) is 1. The number of ether oxygens (including phenoxy) is 2. The average molecular weight is 319 g/mol. The van der Waals surface area contributed by atoms with Gasteiger partial charge in [-0.2, -0.15) is 0 Å². The number of hydrogen-bond acceptors (Lipinski definition) is 3. The SMILES string of the molecule is COc1ccc(C[C@H]2NCCc3cc(F)c(F)cc32)cc1OC. The summed E-state index contributed by atoms with van der Waals surface area (Å²) in [6.45, 7) is 0.746. The molecule has 0 fully saturated rings. The van der Waals surface area contributed by atoms with E-state index in [0.29, 0.717) is 24.3 Å². The van der Waals surface area contributed by atoms with Crippen molar-refractivity contribution in [2.45, 2.75) is 18.9 Å². The first-order valence-corrected chi connectivity index (χ1v) is 7.54. The molecule has 1 atom stereocenters. The van der Waals surface area contributed by atoms with Crippen molar-refractivity contribution < 1.29 is 18.3 Å². The summed E-state index contributed by atoms with van der Waals surface area (Å²) >= 11 is 0. The lowest BCUT2D eigenvalue weighted by Gasteiger charge is -2.27. The Labute approximate surface area is 134 Å². The fourth-order valence-corrected chi connectivity index (χ4v) is 3.06. The van der Waals surface area contributed by atoms with Gasteiger partial charge in [0.1, 0.15) is 0 Å². The molecule has 2 aromatic rings. The van der Waals surface area contributed by atoms with E-state index < -0.39 is 11.6 Å². The molecule has 1 aliphatic heterocycles. The summed E-state index contributed by atoms with van der Waals surface area (Å²) in [7, 11) is 3.18. The second kappa shape index (κ2) is 6.54. The van der Waals surface area contributed by atoms with E-state index in [2.05, 4.69) is 5.32 Å². The van der Waals surface area contributed by atoms with Crippen LogP contribution in [-0.4, -0.2) is 20.8 Å². The van der Waals surface area contributed by atoms with E-state index in [1.807, 2.05) is 18.2 Å². The van der Waals surface area contributed by atoms with Gasteiger partial charge in [0.2, 0.25) is 0 Å². The molecular weight excluding hydrogens is 300 g/mol. The molecule has 0 saturated heterocycles. The molecule has 0 bridgehead atoms. The van der Waals surface area contributed by atoms with E-state index in [0.717, 1.165) is 23.2 Å². The lowest BCUT2D eigenvalue weighted by atomic mass is 9.90. The summed E-state index contributed by atoms with van der Waals surface area (Å²) in [5.74, 6) is -0.257. The molecule has 3 nitrogen and oxygen atoms in total. The monoisotopic (exact) mass is 319 g/mol. The van der Waals surface area contributed by atoms with Gasteiger partial charge >= 0.3 is 0 Å². The number of fused-ring (bicyclic) bond motifs is 1. The molecule has 3 rings (SSSR count). The van der Waals surface area contributed by atoms with Gasteiger partial charge in [-0.05, 0) is 60.3 Å². The maximum Gasteiger partial charge on any atom is 0.160 e. The van der Waals surface area contributed by atoms with Crippen LogP contribution in [0.4, 0.5) is 8.78 Å². The highest BCUT2D eigenvalue weighted by Crippen LogP contribution is 2.32. The first-order chi connectivity index (χ1) is 11.1. The van der Waals surface area contributed by atoms with Crippen molar-refractivity contribution in [2.24, 2.45) is 0 Å². The summed E-state index contributed by atoms with van der Waals surface area (Å²) in [6.07, 6.45) is 1.37. The van der Waals surface area contributed by atoms with Gasteiger partial charge in [0, 0.05) is 6.04 Å². The van der Waals surface area contributed by atoms with Crippen molar-refractivity contribution in [3.63, 3.8) is 0 Å². The summed E-state index contributed by atoms with van der Waals surface area (Å²) in [4.78, 5) is 0. The molecule has 122 valence electrons. The zero-order valence-electron chi connectivity index (χ0n) is 13.2. The summed E-state index contributed by atoms with van der Waals surface area (Å²) < 4.78 is 37.6. The predicted molar refractivity (Wildman–Crippen MR) is 84.1 cm³/mol. The maximum atomic E-state index is 13.6. The first-order valence-electron chi connectivity index (χ1n) is 7.54. The lowest BCUT2D eigenvalue weighted by Crippen LogP contribution is -2.31. The quantitative estimate of drug-likeness (QED) is 0.937. The van der Waals surface area contributed by atoms with Crippen LogP contribution >= 0.6 is 0 Å². The summed E-state index contributed by atoms with van der Waals surface area (Å²) in [5.41, 5.74) is 2.73. The van der Waals surface area contributed by atoms with Crippen LogP contribution in [0.3, 0.4) is 0 Å². The number of methoxy groups -OCH3 is 2. The highest BCUT2D eigenvalue weighted by atomic mass is 19.2. The van der Waals surface area contributed by atoms with Gasteiger partial charge in [0.05, 0.1) is 14.2 Å². The first kappa shape index (κ1) is 15.7. The fourth-order valence-electron chi connectivity index (χ4n) is 3.06. The van der Waals surface area contributed by atoms with E-state index in [1.54, 1.807) is 14.2 Å². The molecule has 1 N–H and O–H groups in total. The van der Waals surface area contributed by atoms with Crippen LogP contribution in [0, 0.1) is 11.6 Å². The highest BCUT2D eigenvalue weighted by molar-refractivity contribution is 5.44. The van der Waals surface area contributed by atoms with Gasteiger partial charge in [-0.25, -0.2) is 8.78 Å². The maximum absolute atomic E-state index is 13.6. The molecule has 1 aliphatic rings. The molecule has 1 heterocycles. The van der Waals surface area contributed by atoms with Crippen molar-refractivity contribution >= 4 is 0 Å². The minimum Gasteiger partial charge on any atom is -0.493 e. The van der Waals surface area contributed by atoms with Gasteiger partial charge in [0.25, 0.3) is 0 Å². The Morgan fingerprint density at radius 2 is 1.78 bits per heavy atom. The second-order valence-electron chi connectivity index (χ2n) is 5.62. The lowest BCUT2D eigenvalue weighted by molar-refractivity contribution is 0.354. The zero-order valence-corrected chi connectivity index (χ0v) is 13.2. The Bertz CT molecular complexity index is 718. The van der Waals surface area contributed by atoms with Gasteiger partial charge in [-0.15, -0.1) is 0 Å². The third-order valence-electron chi connectivity index (χ3n) is 4.23. The molecular formula is C18H19F2NO2.